The second kappa shape index (κ2) is 16.2. The first-order valence-corrected chi connectivity index (χ1v) is 25.6. The molecule has 3 aromatic rings. The van der Waals surface area contributed by atoms with Crippen LogP contribution < -0.4 is 10.3 Å². The van der Waals surface area contributed by atoms with E-state index in [-0.39, 0.29) is 61.5 Å². The largest absolute Gasteiger partial charge is 0.464 e. The van der Waals surface area contributed by atoms with E-state index in [0.29, 0.717) is 32.2 Å². The number of cyclic esters (lactones) is 1. The zero-order valence-electron chi connectivity index (χ0n) is 37.9. The van der Waals surface area contributed by atoms with Crippen LogP contribution in [0.5, 0.6) is 0 Å². The van der Waals surface area contributed by atoms with Crippen LogP contribution in [0.2, 0.25) is 10.6 Å². The van der Waals surface area contributed by atoms with Gasteiger partial charge in [-0.15, -0.1) is 11.8 Å². The maximum atomic E-state index is 14.8. The molecule has 3 saturated heterocycles. The van der Waals surface area contributed by atoms with Gasteiger partial charge in [-0.05, 0) is 100 Å². The minimum atomic E-state index is -0.820. The Morgan fingerprint density at radius 1 is 1.10 bits per heavy atom. The zero-order chi connectivity index (χ0) is 44.2. The molecule has 5 aliphatic heterocycles. The molecule has 336 valence electrons. The van der Waals surface area contributed by atoms with Gasteiger partial charge in [0.15, 0.2) is 0 Å². The standard InChI is InChI=1S/C48H63N7O5S2Si/c1-8-54-37-14-11-29-20-32(37)34(41(54)33-21-31(25-49-40(33)28(2)59-7)53-18-16-52(17-19-53)30-12-13-30)22-46(3,4)27-60-44(57)36-10-9-15-55(50-36)45(58)48(24-39-51(6)38(29)26-62-39)43(63-48)42(56)35-23-47(35,5)61/h11,14,20-21,25-26,28,30,35-36,39,43,50,61H,8-10,12-13,15-19,22-24,27H2,1-7H3/t28-,35+,36-,39?,43?,47?,48?/m0/s1. The molecule has 1 aromatic carbocycles. The fraction of sp³-hybridized carbons (Fsp3) is 0.625. The van der Waals surface area contributed by atoms with E-state index in [1.54, 1.807) is 23.9 Å². The summed E-state index contributed by atoms with van der Waals surface area (Å²) < 4.78 is 14.4. The monoisotopic (exact) mass is 909 g/mol. The number of pyridine rings is 1. The van der Waals surface area contributed by atoms with E-state index in [2.05, 4.69) is 89.1 Å². The summed E-state index contributed by atoms with van der Waals surface area (Å²) >= 11 is 6.50. The number of anilines is 1. The number of hydrogen-bond donors (Lipinski definition) is 2. The Hall–Kier alpha value is -3.34. The molecule has 5 fully saturated rings. The number of amides is 1. The SMILES string of the molecule is CCn1c(-c2cc(N3CCN(C4CC4)CC3)cnc2[C@H](C)OC)c2c3cc(ccc31)C1=CSC(CC3([Si]C3C(=O)[C@H]3CC3(C)S)C(=O)N3CCC[C@H](N3)C(=O)OCC(C)(C)C2)N1C. The Morgan fingerprint density at radius 2 is 1.86 bits per heavy atom. The second-order valence-corrected chi connectivity index (χ2v) is 24.1. The predicted octanol–water partition coefficient (Wildman–Crippen LogP) is 6.97. The molecular formula is C48H63N7O5S2Si. The number of ether oxygens (including phenoxy) is 2. The third-order valence-corrected chi connectivity index (χ3v) is 18.7. The number of thiol groups is 1. The van der Waals surface area contributed by atoms with E-state index in [1.165, 1.54) is 18.4 Å². The topological polar surface area (TPSA) is 112 Å². The van der Waals surface area contributed by atoms with Crippen molar-refractivity contribution in [1.82, 2.24) is 29.8 Å². The number of aryl methyl sites for hydroxylation is 1. The van der Waals surface area contributed by atoms with Crippen LogP contribution in [0.4, 0.5) is 5.69 Å². The Morgan fingerprint density at radius 3 is 2.56 bits per heavy atom. The lowest BCUT2D eigenvalue weighted by Gasteiger charge is -2.37. The van der Waals surface area contributed by atoms with Crippen molar-refractivity contribution >= 4 is 73.9 Å². The normalized spacial score (nSPS) is 31.6. The van der Waals surface area contributed by atoms with E-state index >= 15 is 0 Å². The van der Waals surface area contributed by atoms with Gasteiger partial charge in [-0.25, -0.2) is 5.43 Å². The quantitative estimate of drug-likeness (QED) is 0.139. The number of aromatic nitrogens is 2. The molecule has 12 nitrogen and oxygen atoms in total. The van der Waals surface area contributed by atoms with Gasteiger partial charge in [0.25, 0.3) is 0 Å². The number of esters is 1. The number of rotatable bonds is 8. The lowest BCUT2D eigenvalue weighted by atomic mass is 9.84. The predicted molar refractivity (Wildman–Crippen MR) is 254 cm³/mol. The maximum absolute atomic E-state index is 14.8. The number of thioether (sulfide) groups is 1. The highest BCUT2D eigenvalue weighted by Gasteiger charge is 2.69. The molecule has 1 N–H and O–H groups in total. The number of piperazine rings is 1. The molecule has 63 heavy (non-hydrogen) atoms. The van der Waals surface area contributed by atoms with Gasteiger partial charge in [-0.3, -0.25) is 29.3 Å². The molecule has 2 aromatic heterocycles. The molecule has 1 amide bonds. The van der Waals surface area contributed by atoms with Crippen LogP contribution in [0, 0.1) is 11.3 Å². The van der Waals surface area contributed by atoms with Crippen molar-refractivity contribution in [3.8, 4) is 11.3 Å². The third-order valence-electron chi connectivity index (χ3n) is 15.1. The number of methoxy groups -OCH3 is 1. The Labute approximate surface area is 384 Å². The van der Waals surface area contributed by atoms with Crippen molar-refractivity contribution in [3.05, 3.63) is 52.7 Å². The molecule has 4 unspecified atom stereocenters. The van der Waals surface area contributed by atoms with Crippen molar-refractivity contribution in [2.45, 2.75) is 125 Å². The van der Waals surface area contributed by atoms with Gasteiger partial charge in [0, 0.05) is 97.6 Å². The van der Waals surface area contributed by atoms with Crippen LogP contribution >= 0.6 is 24.4 Å². The molecule has 1 spiro atoms. The first-order chi connectivity index (χ1) is 30.1. The van der Waals surface area contributed by atoms with Crippen molar-refractivity contribution < 1.29 is 23.9 Å². The second-order valence-electron chi connectivity index (χ2n) is 20.3. The summed E-state index contributed by atoms with van der Waals surface area (Å²) in [5, 5.41) is 4.20. The summed E-state index contributed by atoms with van der Waals surface area (Å²) in [5.41, 5.74) is 11.3. The number of carbonyl (C=O) groups is 3. The average molecular weight is 910 g/mol. The number of nitrogens with zero attached hydrogens (tertiary/aromatic N) is 6. The average Bonchev–Trinajstić information content (AvgIpc) is 4.25. The molecular weight excluding hydrogens is 847 g/mol. The lowest BCUT2D eigenvalue weighted by molar-refractivity contribution is -0.155. The molecule has 7 atom stereocenters. The van der Waals surface area contributed by atoms with Crippen LogP contribution in [0.1, 0.15) is 96.1 Å². The third kappa shape index (κ3) is 7.87. The highest BCUT2D eigenvalue weighted by Crippen LogP contribution is 2.67. The van der Waals surface area contributed by atoms with Gasteiger partial charge in [0.2, 0.25) is 5.91 Å². The highest BCUT2D eigenvalue weighted by atomic mass is 32.2. The maximum Gasteiger partial charge on any atom is 0.324 e. The van der Waals surface area contributed by atoms with Crippen LogP contribution in [0.25, 0.3) is 27.9 Å². The van der Waals surface area contributed by atoms with Crippen molar-refractivity contribution in [2.75, 3.05) is 58.4 Å². The van der Waals surface area contributed by atoms with Crippen LogP contribution in [-0.2, 0) is 36.8 Å². The van der Waals surface area contributed by atoms with Crippen LogP contribution in [0.15, 0.2) is 35.9 Å². The van der Waals surface area contributed by atoms with Gasteiger partial charge in [-0.1, -0.05) is 19.9 Å². The Balaban J connectivity index is 1.07. The molecule has 2 aliphatic carbocycles. The van der Waals surface area contributed by atoms with E-state index in [9.17, 15) is 14.4 Å². The minimum absolute atomic E-state index is 0.0387. The molecule has 2 saturated carbocycles. The van der Waals surface area contributed by atoms with E-state index in [4.69, 9.17) is 27.1 Å². The summed E-state index contributed by atoms with van der Waals surface area (Å²) in [5.74, 6) is -0.372. The minimum Gasteiger partial charge on any atom is -0.464 e. The summed E-state index contributed by atoms with van der Waals surface area (Å²) in [6, 6.07) is 9.30. The molecule has 2 radical (unpaired) electrons. The van der Waals surface area contributed by atoms with E-state index in [0.717, 1.165) is 90.0 Å². The van der Waals surface area contributed by atoms with Gasteiger partial charge >= 0.3 is 5.97 Å². The first-order valence-electron chi connectivity index (χ1n) is 23.2. The molecule has 6 bridgehead atoms. The Kier molecular flexibility index (Phi) is 11.2. The number of nitrogens with one attached hydrogen (secondary N) is 1. The zero-order valence-corrected chi connectivity index (χ0v) is 40.6. The molecule has 10 rings (SSSR count). The highest BCUT2D eigenvalue weighted by molar-refractivity contribution is 8.03. The Bertz CT molecular complexity index is 2370. The van der Waals surface area contributed by atoms with Crippen LogP contribution in [0.3, 0.4) is 0 Å². The number of fused-ring (bicyclic) bond motifs is 6. The molecule has 7 heterocycles. The number of carbonyl (C=O) groups excluding carboxylic acids is 3. The van der Waals surface area contributed by atoms with Gasteiger partial charge < -0.3 is 23.8 Å². The van der Waals surface area contributed by atoms with Crippen molar-refractivity contribution in [1.29, 1.82) is 0 Å². The summed E-state index contributed by atoms with van der Waals surface area (Å²) in [4.78, 5) is 55.5. The smallest absolute Gasteiger partial charge is 0.324 e. The number of hydrazine groups is 1. The first kappa shape index (κ1) is 43.5. The van der Waals surface area contributed by atoms with E-state index < -0.39 is 16.5 Å². The lowest BCUT2D eigenvalue weighted by Crippen LogP contribution is -2.57. The molecule has 7 aliphatic rings. The van der Waals surface area contributed by atoms with Crippen LogP contribution in [-0.4, -0.2) is 127 Å². The fourth-order valence-electron chi connectivity index (χ4n) is 10.8. The van der Waals surface area contributed by atoms with E-state index in [1.807, 2.05) is 13.1 Å². The number of hydrogen-bond acceptors (Lipinski definition) is 12. The number of ketones is 1. The van der Waals surface area contributed by atoms with Crippen molar-refractivity contribution in [2.24, 2.45) is 11.3 Å². The number of benzene rings is 1. The van der Waals surface area contributed by atoms with Crippen molar-refractivity contribution in [3.63, 3.8) is 0 Å². The van der Waals surface area contributed by atoms with Gasteiger partial charge in [0.05, 0.1) is 61.6 Å². The van der Waals surface area contributed by atoms with Gasteiger partial charge in [0.1, 0.15) is 11.8 Å². The summed E-state index contributed by atoms with van der Waals surface area (Å²) in [7, 11) is 4.08. The van der Waals surface area contributed by atoms with Gasteiger partial charge in [-0.2, -0.15) is 12.6 Å². The summed E-state index contributed by atoms with van der Waals surface area (Å²) in [6.07, 6.45) is 7.62. The molecule has 15 heteroatoms. The summed E-state index contributed by atoms with van der Waals surface area (Å²) in [6.45, 7) is 16.2. The number of Topliss-reactive ketones (excluding diaryl/α,β-unsaturated/α-hetero) is 1. The fourth-order valence-corrected chi connectivity index (χ4v) is 14.3.